The lowest BCUT2D eigenvalue weighted by Gasteiger charge is -2.37. The molecule has 2 atom stereocenters. The number of para-hydroxylation sites is 2. The summed E-state index contributed by atoms with van der Waals surface area (Å²) in [5, 5.41) is 8.71. The van der Waals surface area contributed by atoms with Gasteiger partial charge in [0.2, 0.25) is 5.91 Å². The second-order valence-electron chi connectivity index (χ2n) is 8.69. The van der Waals surface area contributed by atoms with Crippen LogP contribution >= 0.6 is 0 Å². The summed E-state index contributed by atoms with van der Waals surface area (Å²) in [4.78, 5) is 17.1. The Morgan fingerprint density at radius 1 is 1.12 bits per heavy atom. The minimum atomic E-state index is -0.173. The van der Waals surface area contributed by atoms with Crippen molar-refractivity contribution in [1.29, 1.82) is 0 Å². The van der Waals surface area contributed by atoms with Gasteiger partial charge in [-0.3, -0.25) is 14.1 Å². The summed E-state index contributed by atoms with van der Waals surface area (Å²) in [6.07, 6.45) is 3.78. The largest absolute Gasteiger partial charge is 0.486 e. The highest BCUT2D eigenvalue weighted by atomic mass is 16.6. The molecular formula is C24H29N5O3. The van der Waals surface area contributed by atoms with Gasteiger partial charge in [0.25, 0.3) is 0 Å². The Bertz CT molecular complexity index is 1090. The number of fused-ring (bicyclic) bond motifs is 2. The van der Waals surface area contributed by atoms with Gasteiger partial charge < -0.3 is 14.4 Å². The number of pyridine rings is 1. The number of nitrogens with zero attached hydrogens (tertiary/aromatic N) is 5. The summed E-state index contributed by atoms with van der Waals surface area (Å²) in [5.41, 5.74) is 0.881. The van der Waals surface area contributed by atoms with Crippen LogP contribution in [-0.4, -0.2) is 75.7 Å². The first-order chi connectivity index (χ1) is 15.6. The van der Waals surface area contributed by atoms with E-state index < -0.39 is 0 Å². The Labute approximate surface area is 187 Å². The summed E-state index contributed by atoms with van der Waals surface area (Å²) < 4.78 is 13.9. The average molecular weight is 436 g/mol. The van der Waals surface area contributed by atoms with Crippen LogP contribution in [0.15, 0.2) is 48.7 Å². The highest BCUT2D eigenvalue weighted by molar-refractivity contribution is 5.81. The summed E-state index contributed by atoms with van der Waals surface area (Å²) >= 11 is 0. The van der Waals surface area contributed by atoms with Crippen LogP contribution in [0.2, 0.25) is 0 Å². The van der Waals surface area contributed by atoms with Gasteiger partial charge >= 0.3 is 0 Å². The summed E-state index contributed by atoms with van der Waals surface area (Å²) in [7, 11) is 1.85. The molecule has 4 heterocycles. The van der Waals surface area contributed by atoms with E-state index in [1.807, 2.05) is 62.6 Å². The number of piperidine rings is 1. The molecule has 0 radical (unpaired) electrons. The summed E-state index contributed by atoms with van der Waals surface area (Å²) in [5.74, 6) is 2.98. The number of likely N-dealkylation sites (tertiary alicyclic amines) is 1. The number of hydrogen-bond donors (Lipinski definition) is 0. The second kappa shape index (κ2) is 8.78. The van der Waals surface area contributed by atoms with Crippen molar-refractivity contribution in [3.63, 3.8) is 0 Å². The first-order valence-corrected chi connectivity index (χ1v) is 11.3. The lowest BCUT2D eigenvalue weighted by molar-refractivity contribution is -0.137. The van der Waals surface area contributed by atoms with Gasteiger partial charge in [-0.25, -0.2) is 0 Å². The van der Waals surface area contributed by atoms with E-state index in [1.165, 1.54) is 0 Å². The van der Waals surface area contributed by atoms with Crippen LogP contribution in [-0.2, 0) is 4.79 Å². The van der Waals surface area contributed by atoms with Gasteiger partial charge in [-0.2, -0.15) is 0 Å². The van der Waals surface area contributed by atoms with Gasteiger partial charge in [-0.15, -0.1) is 10.2 Å². The van der Waals surface area contributed by atoms with Crippen molar-refractivity contribution < 1.29 is 14.3 Å². The molecule has 168 valence electrons. The van der Waals surface area contributed by atoms with E-state index in [2.05, 4.69) is 19.5 Å². The molecule has 0 spiro atoms. The maximum atomic E-state index is 13.1. The SMILES string of the molecule is CC(C(=O)N(C)CC1COc2ccccc2O1)N1CCC(c2nnc3ccccn23)CC1. The first kappa shape index (κ1) is 20.8. The maximum absolute atomic E-state index is 13.1. The lowest BCUT2D eigenvalue weighted by atomic mass is 9.95. The Morgan fingerprint density at radius 3 is 2.69 bits per heavy atom. The van der Waals surface area contributed by atoms with Crippen LogP contribution in [0, 0.1) is 0 Å². The molecule has 1 saturated heterocycles. The third kappa shape index (κ3) is 4.02. The fourth-order valence-corrected chi connectivity index (χ4v) is 4.71. The van der Waals surface area contributed by atoms with Crippen molar-refractivity contribution in [2.75, 3.05) is 33.3 Å². The number of hydrogen-bond acceptors (Lipinski definition) is 6. The van der Waals surface area contributed by atoms with Crippen molar-refractivity contribution in [1.82, 2.24) is 24.4 Å². The highest BCUT2D eigenvalue weighted by Gasteiger charge is 2.32. The molecule has 2 unspecified atom stereocenters. The van der Waals surface area contributed by atoms with Crippen molar-refractivity contribution >= 4 is 11.6 Å². The van der Waals surface area contributed by atoms with E-state index in [0.29, 0.717) is 19.1 Å². The number of carbonyl (C=O) groups is 1. The first-order valence-electron chi connectivity index (χ1n) is 11.3. The zero-order chi connectivity index (χ0) is 22.1. The topological polar surface area (TPSA) is 72.2 Å². The molecule has 0 bridgehead atoms. The van der Waals surface area contributed by atoms with Gasteiger partial charge in [0, 0.05) is 19.2 Å². The summed E-state index contributed by atoms with van der Waals surface area (Å²) in [6, 6.07) is 13.4. The molecule has 8 nitrogen and oxygen atoms in total. The lowest BCUT2D eigenvalue weighted by Crippen LogP contribution is -2.51. The molecule has 1 amide bonds. The zero-order valence-corrected chi connectivity index (χ0v) is 18.6. The predicted molar refractivity (Wildman–Crippen MR) is 120 cm³/mol. The van der Waals surface area contributed by atoms with Crippen LogP contribution in [0.25, 0.3) is 5.65 Å². The molecule has 8 heteroatoms. The number of amides is 1. The smallest absolute Gasteiger partial charge is 0.239 e. The molecule has 2 aliphatic heterocycles. The summed E-state index contributed by atoms with van der Waals surface area (Å²) in [6.45, 7) is 4.67. The van der Waals surface area contributed by atoms with Crippen molar-refractivity contribution in [2.45, 2.75) is 37.8 Å². The number of aromatic nitrogens is 3. The maximum Gasteiger partial charge on any atom is 0.239 e. The van der Waals surface area contributed by atoms with E-state index in [9.17, 15) is 4.79 Å². The molecule has 2 aromatic heterocycles. The van der Waals surface area contributed by atoms with Gasteiger partial charge in [0.05, 0.1) is 12.6 Å². The Balaban J connectivity index is 1.15. The molecular weight excluding hydrogens is 406 g/mol. The van der Waals surface area contributed by atoms with E-state index in [0.717, 1.165) is 48.9 Å². The monoisotopic (exact) mass is 435 g/mol. The molecule has 0 saturated carbocycles. The molecule has 5 rings (SSSR count). The van der Waals surface area contributed by atoms with Gasteiger partial charge in [0.15, 0.2) is 23.3 Å². The molecule has 3 aromatic rings. The van der Waals surface area contributed by atoms with Gasteiger partial charge in [-0.1, -0.05) is 18.2 Å². The Morgan fingerprint density at radius 2 is 1.88 bits per heavy atom. The molecule has 0 N–H and O–H groups in total. The molecule has 0 aliphatic carbocycles. The number of likely N-dealkylation sites (N-methyl/N-ethyl adjacent to an activating group) is 1. The van der Waals surface area contributed by atoms with Gasteiger partial charge in [0.1, 0.15) is 12.4 Å². The van der Waals surface area contributed by atoms with Crippen LogP contribution in [0.4, 0.5) is 0 Å². The van der Waals surface area contributed by atoms with Crippen LogP contribution in [0.5, 0.6) is 11.5 Å². The van der Waals surface area contributed by atoms with E-state index in [1.54, 1.807) is 4.90 Å². The standard InChI is InChI=1S/C24H29N5O3/c1-17(24(30)27(2)15-19-16-31-20-7-3-4-8-21(20)32-19)28-13-10-18(11-14-28)23-26-25-22-9-5-6-12-29(22)23/h3-9,12,17-19H,10-11,13-16H2,1-2H3. The van der Waals surface area contributed by atoms with E-state index in [4.69, 9.17) is 9.47 Å². The highest BCUT2D eigenvalue weighted by Crippen LogP contribution is 2.31. The van der Waals surface area contributed by atoms with Crippen LogP contribution in [0.3, 0.4) is 0 Å². The Kier molecular flexibility index (Phi) is 5.70. The molecule has 1 aromatic carbocycles. The number of ether oxygens (including phenoxy) is 2. The molecule has 1 fully saturated rings. The van der Waals surface area contributed by atoms with Crippen LogP contribution in [0.1, 0.15) is 31.5 Å². The van der Waals surface area contributed by atoms with E-state index >= 15 is 0 Å². The quantitative estimate of drug-likeness (QED) is 0.614. The van der Waals surface area contributed by atoms with E-state index in [-0.39, 0.29) is 18.1 Å². The third-order valence-corrected chi connectivity index (χ3v) is 6.56. The fraction of sp³-hybridized carbons (Fsp3) is 0.458. The third-order valence-electron chi connectivity index (χ3n) is 6.56. The number of carbonyl (C=O) groups excluding carboxylic acids is 1. The normalized spacial score (nSPS) is 20.2. The van der Waals surface area contributed by atoms with Gasteiger partial charge in [-0.05, 0) is 57.1 Å². The minimum Gasteiger partial charge on any atom is -0.486 e. The zero-order valence-electron chi connectivity index (χ0n) is 18.6. The second-order valence-corrected chi connectivity index (χ2v) is 8.69. The Hall–Kier alpha value is -3.13. The minimum absolute atomic E-state index is 0.110. The molecule has 32 heavy (non-hydrogen) atoms. The van der Waals surface area contributed by atoms with Crippen molar-refractivity contribution in [3.05, 3.63) is 54.5 Å². The fourth-order valence-electron chi connectivity index (χ4n) is 4.71. The average Bonchev–Trinajstić information content (AvgIpc) is 3.27. The van der Waals surface area contributed by atoms with Crippen molar-refractivity contribution in [3.8, 4) is 11.5 Å². The van der Waals surface area contributed by atoms with Crippen molar-refractivity contribution in [2.24, 2.45) is 0 Å². The predicted octanol–water partition coefficient (Wildman–Crippen LogP) is 2.60. The number of rotatable bonds is 5. The molecule has 2 aliphatic rings. The number of benzene rings is 1. The van der Waals surface area contributed by atoms with Crippen LogP contribution < -0.4 is 9.47 Å².